The molecule has 2 aromatic rings. The van der Waals surface area contributed by atoms with Crippen LogP contribution in [0.3, 0.4) is 0 Å². The Kier molecular flexibility index (Phi) is 4.49. The van der Waals surface area contributed by atoms with Crippen molar-refractivity contribution in [3.8, 4) is 0 Å². The van der Waals surface area contributed by atoms with Crippen molar-refractivity contribution in [1.82, 2.24) is 4.90 Å². The van der Waals surface area contributed by atoms with Crippen LogP contribution in [0.15, 0.2) is 48.5 Å². The number of benzene rings is 2. The molecule has 22 heavy (non-hydrogen) atoms. The van der Waals surface area contributed by atoms with Gasteiger partial charge in [-0.15, -0.1) is 0 Å². The van der Waals surface area contributed by atoms with Crippen molar-refractivity contribution in [2.75, 3.05) is 6.54 Å². The van der Waals surface area contributed by atoms with Gasteiger partial charge in [0.15, 0.2) is 0 Å². The number of rotatable bonds is 3. The number of carbonyl (C=O) groups excluding carboxylic acids is 1. The Morgan fingerprint density at radius 2 is 1.82 bits per heavy atom. The van der Waals surface area contributed by atoms with Gasteiger partial charge in [0.25, 0.3) is 0 Å². The minimum Gasteiger partial charge on any atom is -0.335 e. The summed E-state index contributed by atoms with van der Waals surface area (Å²) in [6.07, 6.45) is 2.57. The lowest BCUT2D eigenvalue weighted by atomic mass is 10.0. The quantitative estimate of drug-likeness (QED) is 0.813. The number of carbonyl (C=O) groups is 1. The van der Waals surface area contributed by atoms with Gasteiger partial charge in [-0.25, -0.2) is 0 Å². The summed E-state index contributed by atoms with van der Waals surface area (Å²) in [7, 11) is 0. The molecule has 0 spiro atoms. The van der Waals surface area contributed by atoms with Gasteiger partial charge in [0, 0.05) is 11.6 Å². The van der Waals surface area contributed by atoms with Gasteiger partial charge in [-0.2, -0.15) is 0 Å². The van der Waals surface area contributed by atoms with Crippen molar-refractivity contribution in [3.05, 3.63) is 70.2 Å². The standard InChI is InChI=1S/C19H20ClNO/c1-14-4-8-16(9-5-14)18-3-2-12-21(18)19(22)13-15-6-10-17(20)11-7-15/h4-11,18H,2-3,12-13H2,1H3/t18-/m0/s1. The topological polar surface area (TPSA) is 20.3 Å². The Morgan fingerprint density at radius 1 is 1.14 bits per heavy atom. The molecular weight excluding hydrogens is 294 g/mol. The van der Waals surface area contributed by atoms with Crippen LogP contribution in [0.5, 0.6) is 0 Å². The first-order chi connectivity index (χ1) is 10.6. The van der Waals surface area contributed by atoms with E-state index in [1.54, 1.807) is 0 Å². The largest absolute Gasteiger partial charge is 0.335 e. The Hall–Kier alpha value is -1.80. The predicted octanol–water partition coefficient (Wildman–Crippen LogP) is 4.55. The van der Waals surface area contributed by atoms with Crippen molar-refractivity contribution >= 4 is 17.5 Å². The van der Waals surface area contributed by atoms with Crippen LogP contribution in [0.2, 0.25) is 5.02 Å². The van der Waals surface area contributed by atoms with E-state index in [1.165, 1.54) is 11.1 Å². The Balaban J connectivity index is 1.73. The molecule has 3 heteroatoms. The summed E-state index contributed by atoms with van der Waals surface area (Å²) in [6, 6.07) is 16.3. The molecule has 1 saturated heterocycles. The second kappa shape index (κ2) is 6.53. The van der Waals surface area contributed by atoms with E-state index in [4.69, 9.17) is 11.6 Å². The summed E-state index contributed by atoms with van der Waals surface area (Å²) in [5.74, 6) is 0.199. The summed E-state index contributed by atoms with van der Waals surface area (Å²) in [6.45, 7) is 2.94. The molecule has 1 aliphatic rings. The van der Waals surface area contributed by atoms with Gasteiger partial charge in [0.05, 0.1) is 12.5 Å². The van der Waals surface area contributed by atoms with Crippen LogP contribution in [0.4, 0.5) is 0 Å². The average Bonchev–Trinajstić information content (AvgIpc) is 3.00. The minimum atomic E-state index is 0.199. The van der Waals surface area contributed by atoms with Crippen molar-refractivity contribution in [3.63, 3.8) is 0 Å². The highest BCUT2D eigenvalue weighted by molar-refractivity contribution is 6.30. The molecule has 1 heterocycles. The summed E-state index contributed by atoms with van der Waals surface area (Å²) in [5.41, 5.74) is 3.51. The van der Waals surface area contributed by atoms with Crippen LogP contribution in [0, 0.1) is 6.92 Å². The van der Waals surface area contributed by atoms with Gasteiger partial charge in [-0.1, -0.05) is 53.6 Å². The predicted molar refractivity (Wildman–Crippen MR) is 90.0 cm³/mol. The summed E-state index contributed by atoms with van der Waals surface area (Å²) in [5, 5.41) is 0.704. The van der Waals surface area contributed by atoms with Gasteiger partial charge in [0.2, 0.25) is 5.91 Å². The first kappa shape index (κ1) is 15.1. The van der Waals surface area contributed by atoms with Gasteiger partial charge < -0.3 is 4.90 Å². The van der Waals surface area contributed by atoms with Crippen molar-refractivity contribution < 1.29 is 4.79 Å². The number of likely N-dealkylation sites (tertiary alicyclic amines) is 1. The molecule has 1 aliphatic heterocycles. The zero-order valence-electron chi connectivity index (χ0n) is 12.8. The van der Waals surface area contributed by atoms with Crippen LogP contribution >= 0.6 is 11.6 Å². The van der Waals surface area contributed by atoms with Crippen molar-refractivity contribution in [1.29, 1.82) is 0 Å². The normalized spacial score (nSPS) is 17.7. The fraction of sp³-hybridized carbons (Fsp3) is 0.316. The number of aryl methyl sites for hydroxylation is 1. The lowest BCUT2D eigenvalue weighted by Crippen LogP contribution is -2.31. The van der Waals surface area contributed by atoms with Crippen LogP contribution < -0.4 is 0 Å². The minimum absolute atomic E-state index is 0.199. The third-order valence-corrected chi connectivity index (χ3v) is 4.56. The van der Waals surface area contributed by atoms with Crippen LogP contribution in [0.1, 0.15) is 35.6 Å². The molecule has 114 valence electrons. The molecule has 0 aliphatic carbocycles. The van der Waals surface area contributed by atoms with Crippen LogP contribution in [-0.4, -0.2) is 17.4 Å². The maximum Gasteiger partial charge on any atom is 0.227 e. The highest BCUT2D eigenvalue weighted by Gasteiger charge is 2.29. The lowest BCUT2D eigenvalue weighted by molar-refractivity contribution is -0.131. The Bertz CT molecular complexity index is 648. The van der Waals surface area contributed by atoms with Gasteiger partial charge in [-0.05, 0) is 43.0 Å². The van der Waals surface area contributed by atoms with Crippen LogP contribution in [-0.2, 0) is 11.2 Å². The molecule has 0 N–H and O–H groups in total. The Labute approximate surface area is 136 Å². The smallest absolute Gasteiger partial charge is 0.227 e. The summed E-state index contributed by atoms with van der Waals surface area (Å²) >= 11 is 5.90. The molecular formula is C19H20ClNO. The van der Waals surface area contributed by atoms with Gasteiger partial charge in [-0.3, -0.25) is 4.79 Å². The molecule has 0 saturated carbocycles. The third-order valence-electron chi connectivity index (χ3n) is 4.30. The number of amides is 1. The first-order valence-electron chi connectivity index (χ1n) is 7.74. The maximum absolute atomic E-state index is 12.6. The molecule has 2 aromatic carbocycles. The molecule has 0 bridgehead atoms. The Morgan fingerprint density at radius 3 is 2.50 bits per heavy atom. The van der Waals surface area contributed by atoms with E-state index in [9.17, 15) is 4.79 Å². The van der Waals surface area contributed by atoms with Crippen molar-refractivity contribution in [2.24, 2.45) is 0 Å². The molecule has 3 rings (SSSR count). The second-order valence-corrected chi connectivity index (χ2v) is 6.40. The highest BCUT2D eigenvalue weighted by atomic mass is 35.5. The molecule has 2 nitrogen and oxygen atoms in total. The van der Waals surface area contributed by atoms with E-state index < -0.39 is 0 Å². The van der Waals surface area contributed by atoms with E-state index in [1.807, 2.05) is 29.2 Å². The number of nitrogens with zero attached hydrogens (tertiary/aromatic N) is 1. The number of hydrogen-bond donors (Lipinski definition) is 0. The second-order valence-electron chi connectivity index (χ2n) is 5.96. The van der Waals surface area contributed by atoms with E-state index in [0.29, 0.717) is 11.4 Å². The maximum atomic E-state index is 12.6. The summed E-state index contributed by atoms with van der Waals surface area (Å²) in [4.78, 5) is 14.7. The van der Waals surface area contributed by atoms with Crippen molar-refractivity contribution in [2.45, 2.75) is 32.2 Å². The van der Waals surface area contributed by atoms with Gasteiger partial charge in [0.1, 0.15) is 0 Å². The zero-order valence-corrected chi connectivity index (χ0v) is 13.5. The number of hydrogen-bond acceptors (Lipinski definition) is 1. The van der Waals surface area contributed by atoms with E-state index in [0.717, 1.165) is 24.9 Å². The fourth-order valence-corrected chi connectivity index (χ4v) is 3.20. The molecule has 1 atom stereocenters. The first-order valence-corrected chi connectivity index (χ1v) is 8.12. The van der Waals surface area contributed by atoms with Crippen LogP contribution in [0.25, 0.3) is 0 Å². The molecule has 0 aromatic heterocycles. The molecule has 1 fully saturated rings. The monoisotopic (exact) mass is 313 g/mol. The average molecular weight is 314 g/mol. The van der Waals surface area contributed by atoms with E-state index >= 15 is 0 Å². The van der Waals surface area contributed by atoms with E-state index in [2.05, 4.69) is 31.2 Å². The lowest BCUT2D eigenvalue weighted by Gasteiger charge is -2.25. The zero-order chi connectivity index (χ0) is 15.5. The van der Waals surface area contributed by atoms with E-state index in [-0.39, 0.29) is 11.9 Å². The summed E-state index contributed by atoms with van der Waals surface area (Å²) < 4.78 is 0. The highest BCUT2D eigenvalue weighted by Crippen LogP contribution is 2.32. The SMILES string of the molecule is Cc1ccc([C@@H]2CCCN2C(=O)Cc2ccc(Cl)cc2)cc1. The van der Waals surface area contributed by atoms with Gasteiger partial charge >= 0.3 is 0 Å². The fourth-order valence-electron chi connectivity index (χ4n) is 3.08. The molecule has 0 unspecified atom stereocenters. The molecule has 0 radical (unpaired) electrons. The third kappa shape index (κ3) is 3.33. The number of halogens is 1. The molecule has 1 amide bonds.